The number of aryl methyl sites for hydroxylation is 1. The average molecular weight is 296 g/mol. The van der Waals surface area contributed by atoms with Gasteiger partial charge in [0.15, 0.2) is 0 Å². The van der Waals surface area contributed by atoms with Crippen molar-refractivity contribution in [3.8, 4) is 5.69 Å². The van der Waals surface area contributed by atoms with Crippen molar-refractivity contribution in [1.29, 1.82) is 0 Å². The molecular formula is C12H10ClN3O4. The Morgan fingerprint density at radius 2 is 2.05 bits per heavy atom. The first-order chi connectivity index (χ1) is 9.45. The van der Waals surface area contributed by atoms with Gasteiger partial charge in [-0.15, -0.1) is 0 Å². The SMILES string of the molecule is CCc1nn(-c2ccc([N+](=O)[O-])cc2)c(Cl)c1C(=O)O. The van der Waals surface area contributed by atoms with Gasteiger partial charge in [-0.3, -0.25) is 10.1 Å². The quantitative estimate of drug-likeness (QED) is 0.690. The number of hydrogen-bond donors (Lipinski definition) is 1. The Hall–Kier alpha value is -2.41. The molecule has 1 aromatic heterocycles. The molecule has 0 bridgehead atoms. The van der Waals surface area contributed by atoms with Gasteiger partial charge in [-0.25, -0.2) is 9.48 Å². The topological polar surface area (TPSA) is 98.3 Å². The molecule has 0 radical (unpaired) electrons. The highest BCUT2D eigenvalue weighted by atomic mass is 35.5. The summed E-state index contributed by atoms with van der Waals surface area (Å²) in [4.78, 5) is 21.2. The lowest BCUT2D eigenvalue weighted by atomic mass is 10.2. The number of non-ortho nitro benzene ring substituents is 1. The maximum atomic E-state index is 11.2. The number of aromatic nitrogens is 2. The van der Waals surface area contributed by atoms with Crippen molar-refractivity contribution in [2.24, 2.45) is 0 Å². The molecule has 20 heavy (non-hydrogen) atoms. The Labute approximate surface area is 118 Å². The number of rotatable bonds is 4. The number of benzene rings is 1. The van der Waals surface area contributed by atoms with Crippen LogP contribution in [0.1, 0.15) is 23.0 Å². The van der Waals surface area contributed by atoms with E-state index in [2.05, 4.69) is 5.10 Å². The van der Waals surface area contributed by atoms with E-state index in [0.29, 0.717) is 17.8 Å². The van der Waals surface area contributed by atoms with Crippen LogP contribution in [0.4, 0.5) is 5.69 Å². The standard InChI is InChI=1S/C12H10ClN3O4/c1-2-9-10(12(17)18)11(13)15(14-9)7-3-5-8(6-4-7)16(19)20/h3-6H,2H2,1H3,(H,17,18). The molecule has 0 aliphatic rings. The largest absolute Gasteiger partial charge is 0.478 e. The first-order valence-corrected chi connectivity index (χ1v) is 6.09. The molecule has 0 fully saturated rings. The molecule has 0 aliphatic heterocycles. The molecule has 0 unspecified atom stereocenters. The second-order valence-corrected chi connectivity index (χ2v) is 4.31. The Bertz CT molecular complexity index is 679. The number of halogens is 1. The van der Waals surface area contributed by atoms with Crippen LogP contribution in [0.2, 0.25) is 5.15 Å². The third-order valence-electron chi connectivity index (χ3n) is 2.76. The highest BCUT2D eigenvalue weighted by Gasteiger charge is 2.22. The van der Waals surface area contributed by atoms with E-state index in [1.165, 1.54) is 28.9 Å². The molecule has 2 rings (SSSR count). The van der Waals surface area contributed by atoms with E-state index >= 15 is 0 Å². The van der Waals surface area contributed by atoms with Gasteiger partial charge in [0.2, 0.25) is 0 Å². The van der Waals surface area contributed by atoms with E-state index in [9.17, 15) is 14.9 Å². The van der Waals surface area contributed by atoms with Crippen LogP contribution < -0.4 is 0 Å². The van der Waals surface area contributed by atoms with Crippen LogP contribution in [0, 0.1) is 10.1 Å². The molecule has 2 aromatic rings. The van der Waals surface area contributed by atoms with Crippen molar-refractivity contribution in [2.45, 2.75) is 13.3 Å². The van der Waals surface area contributed by atoms with Crippen molar-refractivity contribution >= 4 is 23.3 Å². The zero-order valence-corrected chi connectivity index (χ0v) is 11.2. The number of carbonyl (C=O) groups is 1. The lowest BCUT2D eigenvalue weighted by Gasteiger charge is -2.02. The Kier molecular flexibility index (Phi) is 3.71. The van der Waals surface area contributed by atoms with Gasteiger partial charge >= 0.3 is 5.97 Å². The summed E-state index contributed by atoms with van der Waals surface area (Å²) in [6.45, 7) is 1.77. The normalized spacial score (nSPS) is 10.5. The van der Waals surface area contributed by atoms with Gasteiger partial charge in [-0.2, -0.15) is 5.10 Å². The Morgan fingerprint density at radius 3 is 2.45 bits per heavy atom. The van der Waals surface area contributed by atoms with E-state index in [0.717, 1.165) is 0 Å². The summed E-state index contributed by atoms with van der Waals surface area (Å²) in [6, 6.07) is 5.53. The van der Waals surface area contributed by atoms with Crippen molar-refractivity contribution in [1.82, 2.24) is 9.78 Å². The minimum absolute atomic E-state index is 0.0248. The predicted molar refractivity (Wildman–Crippen MR) is 71.6 cm³/mol. The number of nitrogens with zero attached hydrogens (tertiary/aromatic N) is 3. The maximum Gasteiger partial charge on any atom is 0.340 e. The fourth-order valence-corrected chi connectivity index (χ4v) is 2.11. The molecule has 8 heteroatoms. The second kappa shape index (κ2) is 5.30. The molecule has 1 N–H and O–H groups in total. The van der Waals surface area contributed by atoms with Gasteiger partial charge in [0, 0.05) is 12.1 Å². The van der Waals surface area contributed by atoms with Gasteiger partial charge in [0.1, 0.15) is 10.7 Å². The number of nitro groups is 1. The molecule has 0 saturated heterocycles. The van der Waals surface area contributed by atoms with Crippen molar-refractivity contribution in [3.05, 3.63) is 50.8 Å². The molecule has 1 aromatic carbocycles. The highest BCUT2D eigenvalue weighted by molar-refractivity contribution is 6.32. The highest BCUT2D eigenvalue weighted by Crippen LogP contribution is 2.25. The van der Waals surface area contributed by atoms with Crippen LogP contribution in [0.25, 0.3) is 5.69 Å². The first kappa shape index (κ1) is 14.0. The first-order valence-electron chi connectivity index (χ1n) is 5.71. The van der Waals surface area contributed by atoms with Gasteiger partial charge in [-0.05, 0) is 18.6 Å². The summed E-state index contributed by atoms with van der Waals surface area (Å²) in [5.74, 6) is -1.15. The van der Waals surface area contributed by atoms with E-state index in [-0.39, 0.29) is 16.4 Å². The van der Waals surface area contributed by atoms with Crippen molar-refractivity contribution in [3.63, 3.8) is 0 Å². The number of nitro benzene ring substituents is 1. The number of carboxylic acid groups (broad SMARTS) is 1. The summed E-state index contributed by atoms with van der Waals surface area (Å²) >= 11 is 6.03. The van der Waals surface area contributed by atoms with Crippen LogP contribution in [-0.2, 0) is 6.42 Å². The molecule has 1 heterocycles. The molecule has 0 amide bonds. The Balaban J connectivity index is 2.53. The smallest absolute Gasteiger partial charge is 0.340 e. The van der Waals surface area contributed by atoms with E-state index in [4.69, 9.17) is 16.7 Å². The summed E-state index contributed by atoms with van der Waals surface area (Å²) in [7, 11) is 0. The van der Waals surface area contributed by atoms with E-state index < -0.39 is 10.9 Å². The Morgan fingerprint density at radius 1 is 1.45 bits per heavy atom. The predicted octanol–water partition coefficient (Wildman–Crippen LogP) is 2.69. The zero-order chi connectivity index (χ0) is 14.9. The zero-order valence-electron chi connectivity index (χ0n) is 10.4. The van der Waals surface area contributed by atoms with Gasteiger partial charge in [0.05, 0.1) is 16.3 Å². The molecule has 0 saturated carbocycles. The van der Waals surface area contributed by atoms with Crippen molar-refractivity contribution < 1.29 is 14.8 Å². The molecule has 7 nitrogen and oxygen atoms in total. The molecule has 0 aliphatic carbocycles. The van der Waals surface area contributed by atoms with Crippen molar-refractivity contribution in [2.75, 3.05) is 0 Å². The molecule has 104 valence electrons. The summed E-state index contributed by atoms with van der Waals surface area (Å²) < 4.78 is 1.26. The molecule has 0 atom stereocenters. The number of carboxylic acids is 1. The third kappa shape index (κ3) is 2.35. The molecular weight excluding hydrogens is 286 g/mol. The third-order valence-corrected chi connectivity index (χ3v) is 3.10. The summed E-state index contributed by atoms with van der Waals surface area (Å²) in [6.07, 6.45) is 0.418. The van der Waals surface area contributed by atoms with Crippen LogP contribution in [0.15, 0.2) is 24.3 Å². The van der Waals surface area contributed by atoms with E-state index in [1.54, 1.807) is 6.92 Å². The number of hydrogen-bond acceptors (Lipinski definition) is 4. The van der Waals surface area contributed by atoms with Crippen LogP contribution in [0.3, 0.4) is 0 Å². The van der Waals surface area contributed by atoms with Gasteiger partial charge in [-0.1, -0.05) is 18.5 Å². The lowest BCUT2D eigenvalue weighted by molar-refractivity contribution is -0.384. The summed E-state index contributed by atoms with van der Waals surface area (Å²) in [5.41, 5.74) is 0.711. The minimum Gasteiger partial charge on any atom is -0.478 e. The fraction of sp³-hybridized carbons (Fsp3) is 0.167. The van der Waals surface area contributed by atoms with E-state index in [1.807, 2.05) is 0 Å². The average Bonchev–Trinajstić information content (AvgIpc) is 2.75. The second-order valence-electron chi connectivity index (χ2n) is 3.96. The monoisotopic (exact) mass is 295 g/mol. The molecule has 0 spiro atoms. The lowest BCUT2D eigenvalue weighted by Crippen LogP contribution is -2.00. The minimum atomic E-state index is -1.15. The van der Waals surface area contributed by atoms with Crippen LogP contribution in [0.5, 0.6) is 0 Å². The van der Waals surface area contributed by atoms with Gasteiger partial charge in [0.25, 0.3) is 5.69 Å². The fourth-order valence-electron chi connectivity index (χ4n) is 1.79. The van der Waals surface area contributed by atoms with Crippen LogP contribution in [-0.4, -0.2) is 25.8 Å². The van der Waals surface area contributed by atoms with Crippen LogP contribution >= 0.6 is 11.6 Å². The van der Waals surface area contributed by atoms with Gasteiger partial charge < -0.3 is 5.11 Å². The number of aromatic carboxylic acids is 1. The maximum absolute atomic E-state index is 11.2. The summed E-state index contributed by atoms with van der Waals surface area (Å²) in [5, 5.41) is 23.8.